The van der Waals surface area contributed by atoms with Crippen molar-refractivity contribution in [3.8, 4) is 12.1 Å². The van der Waals surface area contributed by atoms with Crippen molar-refractivity contribution in [3.63, 3.8) is 0 Å². The molecule has 0 saturated carbocycles. The van der Waals surface area contributed by atoms with Crippen LogP contribution in [0.2, 0.25) is 0 Å². The lowest BCUT2D eigenvalue weighted by molar-refractivity contribution is 0.578. The molecule has 0 atom stereocenters. The lowest BCUT2D eigenvalue weighted by Gasteiger charge is -2.30. The molecule has 0 spiro atoms. The van der Waals surface area contributed by atoms with E-state index in [0.29, 0.717) is 5.56 Å². The normalized spacial score (nSPS) is 14.1. The van der Waals surface area contributed by atoms with Gasteiger partial charge in [0.25, 0.3) is 0 Å². The molecule has 5 rings (SSSR count). The molecule has 5 heteroatoms. The molecule has 0 unspecified atom stereocenters. The number of fused-ring (bicyclic) bond motifs is 2. The van der Waals surface area contributed by atoms with Gasteiger partial charge in [-0.3, -0.25) is 0 Å². The molecule has 2 aromatic heterocycles. The number of nitrogens with one attached hydrogen (secondary N) is 1. The third kappa shape index (κ3) is 3.53. The van der Waals surface area contributed by atoms with Gasteiger partial charge >= 0.3 is 0 Å². The summed E-state index contributed by atoms with van der Waals surface area (Å²) in [4.78, 5) is 5.71. The maximum Gasteiger partial charge on any atom is 0.101 e. The van der Waals surface area contributed by atoms with E-state index in [1.54, 1.807) is 0 Å². The van der Waals surface area contributed by atoms with Crippen LogP contribution in [0.3, 0.4) is 0 Å². The zero-order valence-corrected chi connectivity index (χ0v) is 17.6. The van der Waals surface area contributed by atoms with Crippen LogP contribution < -0.4 is 4.90 Å². The molecule has 0 radical (unpaired) electrons. The molecule has 1 saturated heterocycles. The second kappa shape index (κ2) is 8.20. The van der Waals surface area contributed by atoms with E-state index in [-0.39, 0.29) is 0 Å². The molecule has 1 fully saturated rings. The summed E-state index contributed by atoms with van der Waals surface area (Å²) in [6.45, 7) is 2.98. The highest BCUT2D eigenvalue weighted by molar-refractivity contribution is 5.96. The Kier molecular flexibility index (Phi) is 5.10. The van der Waals surface area contributed by atoms with E-state index in [2.05, 4.69) is 51.1 Å². The Morgan fingerprint density at radius 3 is 2.61 bits per heavy atom. The third-order valence-electron chi connectivity index (χ3n) is 6.46. The van der Waals surface area contributed by atoms with Crippen molar-refractivity contribution in [2.24, 2.45) is 0 Å². The Labute approximate surface area is 182 Å². The monoisotopic (exact) mass is 407 g/mol. The fourth-order valence-corrected chi connectivity index (χ4v) is 4.90. The van der Waals surface area contributed by atoms with Gasteiger partial charge in [-0.1, -0.05) is 0 Å². The van der Waals surface area contributed by atoms with Gasteiger partial charge in [-0.2, -0.15) is 10.5 Å². The minimum Gasteiger partial charge on any atom is -0.370 e. The standard InChI is InChI=1S/C26H25N5/c27-16-19-6-8-24-23(15-19)21(18-29-24)5-4-13-30-14-10-22-25(30)9-7-20(17-28)26(22)31-11-2-1-3-12-31/h6-10,14-15,18,29H,1-5,11-13H2. The summed E-state index contributed by atoms with van der Waals surface area (Å²) in [5.41, 5.74) is 6.12. The molecule has 4 aromatic rings. The van der Waals surface area contributed by atoms with Gasteiger partial charge in [0.15, 0.2) is 0 Å². The third-order valence-corrected chi connectivity index (χ3v) is 6.46. The zero-order valence-electron chi connectivity index (χ0n) is 17.6. The number of H-pyrrole nitrogens is 1. The first-order valence-electron chi connectivity index (χ1n) is 11.1. The summed E-state index contributed by atoms with van der Waals surface area (Å²) in [5.74, 6) is 0. The van der Waals surface area contributed by atoms with E-state index in [1.165, 1.54) is 35.7 Å². The smallest absolute Gasteiger partial charge is 0.101 e. The average molecular weight is 408 g/mol. The number of nitrogens with zero attached hydrogens (tertiary/aromatic N) is 4. The van der Waals surface area contributed by atoms with Crippen molar-refractivity contribution < 1.29 is 0 Å². The number of aromatic nitrogens is 2. The highest BCUT2D eigenvalue weighted by atomic mass is 15.1. The second-order valence-corrected chi connectivity index (χ2v) is 8.35. The fraction of sp³-hybridized carbons (Fsp3) is 0.308. The van der Waals surface area contributed by atoms with Crippen molar-refractivity contribution in [3.05, 3.63) is 65.5 Å². The predicted molar refractivity (Wildman–Crippen MR) is 124 cm³/mol. The van der Waals surface area contributed by atoms with Crippen LogP contribution in [0.5, 0.6) is 0 Å². The molecule has 2 aromatic carbocycles. The van der Waals surface area contributed by atoms with Gasteiger partial charge in [-0.25, -0.2) is 0 Å². The molecule has 1 aliphatic rings. The zero-order chi connectivity index (χ0) is 21.2. The topological polar surface area (TPSA) is 71.5 Å². The first kappa shape index (κ1) is 19.3. The van der Waals surface area contributed by atoms with Crippen molar-refractivity contribution >= 4 is 27.5 Å². The Hall–Kier alpha value is -3.70. The first-order chi connectivity index (χ1) is 15.3. The number of hydrogen-bond donors (Lipinski definition) is 1. The van der Waals surface area contributed by atoms with Crippen molar-refractivity contribution in [1.82, 2.24) is 9.55 Å². The Morgan fingerprint density at radius 1 is 0.935 bits per heavy atom. The highest BCUT2D eigenvalue weighted by Crippen LogP contribution is 2.33. The number of anilines is 1. The maximum absolute atomic E-state index is 9.68. The number of aryl methyl sites for hydroxylation is 2. The summed E-state index contributed by atoms with van der Waals surface area (Å²) in [6.07, 6.45) is 9.84. The number of piperidine rings is 1. The van der Waals surface area contributed by atoms with Gasteiger partial charge in [0, 0.05) is 48.3 Å². The molecule has 1 N–H and O–H groups in total. The van der Waals surface area contributed by atoms with Crippen LogP contribution in [-0.4, -0.2) is 22.6 Å². The minimum atomic E-state index is 0.697. The van der Waals surface area contributed by atoms with E-state index in [1.807, 2.05) is 24.3 Å². The Morgan fingerprint density at radius 2 is 1.81 bits per heavy atom. The van der Waals surface area contributed by atoms with E-state index in [0.717, 1.165) is 54.6 Å². The largest absolute Gasteiger partial charge is 0.370 e. The molecule has 0 amide bonds. The Balaban J connectivity index is 1.38. The van der Waals surface area contributed by atoms with Gasteiger partial charge in [-0.05, 0) is 74.1 Å². The number of rotatable bonds is 5. The summed E-state index contributed by atoms with van der Waals surface area (Å²) in [6, 6.07) is 16.7. The van der Waals surface area contributed by atoms with Crippen LogP contribution in [0.15, 0.2) is 48.8 Å². The quantitative estimate of drug-likeness (QED) is 0.475. The number of hydrogen-bond acceptors (Lipinski definition) is 3. The van der Waals surface area contributed by atoms with Gasteiger partial charge in [-0.15, -0.1) is 0 Å². The minimum absolute atomic E-state index is 0.697. The van der Waals surface area contributed by atoms with Crippen molar-refractivity contribution in [2.45, 2.75) is 38.6 Å². The number of benzene rings is 2. The van der Waals surface area contributed by atoms with E-state index < -0.39 is 0 Å². The van der Waals surface area contributed by atoms with E-state index in [9.17, 15) is 10.5 Å². The fourth-order valence-electron chi connectivity index (χ4n) is 4.90. The van der Waals surface area contributed by atoms with Crippen molar-refractivity contribution in [1.29, 1.82) is 10.5 Å². The van der Waals surface area contributed by atoms with Gasteiger partial charge in [0.1, 0.15) is 6.07 Å². The van der Waals surface area contributed by atoms with Crippen LogP contribution >= 0.6 is 0 Å². The lowest BCUT2D eigenvalue weighted by Crippen LogP contribution is -2.30. The number of aromatic amines is 1. The van der Waals surface area contributed by atoms with Gasteiger partial charge in [0.05, 0.1) is 28.4 Å². The highest BCUT2D eigenvalue weighted by Gasteiger charge is 2.19. The van der Waals surface area contributed by atoms with Crippen LogP contribution in [0.25, 0.3) is 21.8 Å². The van der Waals surface area contributed by atoms with E-state index >= 15 is 0 Å². The second-order valence-electron chi connectivity index (χ2n) is 8.35. The molecule has 0 bridgehead atoms. The SMILES string of the molecule is N#Cc1ccc2[nH]cc(CCCn3ccc4c(N5CCCCC5)c(C#N)ccc43)c2c1. The van der Waals surface area contributed by atoms with Gasteiger partial charge in [0.2, 0.25) is 0 Å². The van der Waals surface area contributed by atoms with Crippen LogP contribution in [-0.2, 0) is 13.0 Å². The molecule has 31 heavy (non-hydrogen) atoms. The summed E-state index contributed by atoms with van der Waals surface area (Å²) >= 11 is 0. The molecule has 0 aliphatic carbocycles. The molecule has 5 nitrogen and oxygen atoms in total. The molecule has 1 aliphatic heterocycles. The maximum atomic E-state index is 9.68. The summed E-state index contributed by atoms with van der Waals surface area (Å²) in [7, 11) is 0. The van der Waals surface area contributed by atoms with E-state index in [4.69, 9.17) is 0 Å². The molecule has 154 valence electrons. The molecular formula is C26H25N5. The van der Waals surface area contributed by atoms with Gasteiger partial charge < -0.3 is 14.5 Å². The summed E-state index contributed by atoms with van der Waals surface area (Å²) in [5, 5.41) is 21.2. The average Bonchev–Trinajstić information content (AvgIpc) is 3.42. The van der Waals surface area contributed by atoms with Crippen LogP contribution in [0.4, 0.5) is 5.69 Å². The first-order valence-corrected chi connectivity index (χ1v) is 11.1. The summed E-state index contributed by atoms with van der Waals surface area (Å²) < 4.78 is 2.31. The number of nitriles is 2. The predicted octanol–water partition coefficient (Wildman–Crippen LogP) is 5.49. The van der Waals surface area contributed by atoms with Crippen LogP contribution in [0, 0.1) is 22.7 Å². The van der Waals surface area contributed by atoms with Crippen LogP contribution in [0.1, 0.15) is 42.4 Å². The molecule has 3 heterocycles. The van der Waals surface area contributed by atoms with Crippen molar-refractivity contribution in [2.75, 3.05) is 18.0 Å². The Bertz CT molecular complexity index is 1320. The lowest BCUT2D eigenvalue weighted by atomic mass is 10.0. The molecular weight excluding hydrogens is 382 g/mol.